The Kier molecular flexibility index (Phi) is 5.20. The van der Waals surface area contributed by atoms with E-state index in [1.807, 2.05) is 24.3 Å². The number of furan rings is 1. The maximum absolute atomic E-state index is 12.5. The van der Waals surface area contributed by atoms with E-state index in [0.29, 0.717) is 24.0 Å². The van der Waals surface area contributed by atoms with Crippen molar-refractivity contribution in [2.45, 2.75) is 26.3 Å². The fraction of sp³-hybridized carbons (Fsp3) is 0.368. The molecule has 0 aliphatic carbocycles. The molecule has 1 aromatic carbocycles. The molecule has 5 nitrogen and oxygen atoms in total. The number of para-hydroxylation sites is 1. The van der Waals surface area contributed by atoms with E-state index in [2.05, 4.69) is 18.8 Å². The summed E-state index contributed by atoms with van der Waals surface area (Å²) in [4.78, 5) is 18.7. The summed E-state index contributed by atoms with van der Waals surface area (Å²) >= 11 is 1.55. The van der Waals surface area contributed by atoms with Gasteiger partial charge in [0.05, 0.1) is 10.2 Å². The summed E-state index contributed by atoms with van der Waals surface area (Å²) in [5, 5.41) is 0.782. The molecular formula is C19H23N3O2S. The number of rotatable bonds is 6. The molecular weight excluding hydrogens is 334 g/mol. The van der Waals surface area contributed by atoms with Gasteiger partial charge in [0, 0.05) is 19.6 Å². The van der Waals surface area contributed by atoms with E-state index in [9.17, 15) is 4.79 Å². The van der Waals surface area contributed by atoms with E-state index in [1.165, 1.54) is 0 Å². The number of fused-ring (bicyclic) bond motifs is 1. The molecule has 3 aromatic rings. The lowest BCUT2D eigenvalue weighted by Gasteiger charge is -2.20. The Morgan fingerprint density at radius 3 is 2.76 bits per heavy atom. The number of hydrogen-bond acceptors (Lipinski definition) is 5. The molecule has 0 radical (unpaired) electrons. The van der Waals surface area contributed by atoms with Crippen molar-refractivity contribution in [3.05, 3.63) is 42.2 Å². The second-order valence-electron chi connectivity index (χ2n) is 6.57. The van der Waals surface area contributed by atoms with Crippen molar-refractivity contribution in [2.24, 2.45) is 11.7 Å². The molecule has 0 aliphatic heterocycles. The summed E-state index contributed by atoms with van der Waals surface area (Å²) < 4.78 is 6.86. The highest BCUT2D eigenvalue weighted by atomic mass is 32.1. The molecule has 25 heavy (non-hydrogen) atoms. The summed E-state index contributed by atoms with van der Waals surface area (Å²) in [6.45, 7) is 4.78. The van der Waals surface area contributed by atoms with Crippen LogP contribution in [0.2, 0.25) is 0 Å². The summed E-state index contributed by atoms with van der Waals surface area (Å²) in [5.74, 6) is 1.22. The molecule has 3 rings (SSSR count). The topological polar surface area (TPSA) is 72.4 Å². The van der Waals surface area contributed by atoms with Crippen LogP contribution in [-0.4, -0.2) is 35.4 Å². The minimum absolute atomic E-state index is 0.0881. The Labute approximate surface area is 151 Å². The summed E-state index contributed by atoms with van der Waals surface area (Å²) in [6.07, 6.45) is 0.769. The Hall–Kier alpha value is -2.18. The number of hydrogen-bond donors (Lipinski definition) is 1. The third kappa shape index (κ3) is 3.91. The molecule has 0 saturated heterocycles. The molecule has 2 N–H and O–H groups in total. The van der Waals surface area contributed by atoms with Gasteiger partial charge in [-0.3, -0.25) is 4.79 Å². The van der Waals surface area contributed by atoms with E-state index in [4.69, 9.17) is 10.2 Å². The highest BCUT2D eigenvalue weighted by Gasteiger charge is 2.19. The molecule has 1 unspecified atom stereocenters. The van der Waals surface area contributed by atoms with Gasteiger partial charge in [0.1, 0.15) is 0 Å². The monoisotopic (exact) mass is 357 g/mol. The smallest absolute Gasteiger partial charge is 0.289 e. The molecule has 132 valence electrons. The van der Waals surface area contributed by atoms with Crippen LogP contribution in [0.4, 0.5) is 0 Å². The molecule has 0 spiro atoms. The Morgan fingerprint density at radius 1 is 1.28 bits per heavy atom. The highest BCUT2D eigenvalue weighted by Crippen LogP contribution is 2.31. The van der Waals surface area contributed by atoms with Crippen LogP contribution in [0.3, 0.4) is 0 Å². The molecule has 0 bridgehead atoms. The van der Waals surface area contributed by atoms with Gasteiger partial charge in [-0.1, -0.05) is 26.0 Å². The summed E-state index contributed by atoms with van der Waals surface area (Å²) in [7, 11) is 1.77. The molecule has 1 amide bonds. The fourth-order valence-corrected chi connectivity index (χ4v) is 3.44. The van der Waals surface area contributed by atoms with Crippen LogP contribution in [0.25, 0.3) is 21.0 Å². The van der Waals surface area contributed by atoms with Gasteiger partial charge < -0.3 is 15.1 Å². The number of nitrogens with zero attached hydrogens (tertiary/aromatic N) is 2. The van der Waals surface area contributed by atoms with Crippen molar-refractivity contribution in [1.29, 1.82) is 0 Å². The lowest BCUT2D eigenvalue weighted by molar-refractivity contribution is 0.0758. The van der Waals surface area contributed by atoms with Gasteiger partial charge in [-0.2, -0.15) is 0 Å². The summed E-state index contributed by atoms with van der Waals surface area (Å²) in [6, 6.07) is 11.5. The number of amides is 1. The second kappa shape index (κ2) is 7.37. The third-order valence-electron chi connectivity index (χ3n) is 4.32. The number of nitrogens with two attached hydrogens (primary N) is 1. The number of benzene rings is 1. The molecule has 2 heterocycles. The average molecular weight is 357 g/mol. The Morgan fingerprint density at radius 2 is 2.04 bits per heavy atom. The van der Waals surface area contributed by atoms with Gasteiger partial charge in [0.25, 0.3) is 5.91 Å². The van der Waals surface area contributed by atoms with E-state index < -0.39 is 0 Å². The van der Waals surface area contributed by atoms with Crippen molar-refractivity contribution in [3.8, 4) is 10.8 Å². The van der Waals surface area contributed by atoms with Crippen LogP contribution in [0.1, 0.15) is 30.8 Å². The van der Waals surface area contributed by atoms with Gasteiger partial charge in [-0.05, 0) is 36.6 Å². The Balaban J connectivity index is 1.71. The van der Waals surface area contributed by atoms with Gasteiger partial charge in [-0.25, -0.2) is 4.98 Å². The molecule has 0 saturated carbocycles. The zero-order valence-corrected chi connectivity index (χ0v) is 15.5. The number of carbonyl (C=O) groups is 1. The van der Waals surface area contributed by atoms with Crippen LogP contribution in [0, 0.1) is 5.92 Å². The van der Waals surface area contributed by atoms with E-state index in [-0.39, 0.29) is 11.9 Å². The van der Waals surface area contributed by atoms with Crippen LogP contribution < -0.4 is 5.73 Å². The van der Waals surface area contributed by atoms with Gasteiger partial charge in [-0.15, -0.1) is 11.3 Å². The zero-order valence-electron chi connectivity index (χ0n) is 14.7. The number of aromatic nitrogens is 1. The SMILES string of the molecule is CC(C)C(N)CCN(C)C(=O)c1ccc(-c2nc3ccccc3s2)o1. The quantitative estimate of drug-likeness (QED) is 0.724. The maximum atomic E-state index is 12.5. The first-order valence-electron chi connectivity index (χ1n) is 8.42. The number of carbonyl (C=O) groups excluding carboxylic acids is 1. The van der Waals surface area contributed by atoms with E-state index in [1.54, 1.807) is 35.4 Å². The van der Waals surface area contributed by atoms with Crippen LogP contribution >= 0.6 is 11.3 Å². The Bertz CT molecular complexity index is 835. The predicted octanol–water partition coefficient (Wildman–Crippen LogP) is 4.00. The molecule has 6 heteroatoms. The lowest BCUT2D eigenvalue weighted by atomic mass is 10.0. The van der Waals surface area contributed by atoms with Gasteiger partial charge in [0.2, 0.25) is 0 Å². The van der Waals surface area contributed by atoms with E-state index >= 15 is 0 Å². The van der Waals surface area contributed by atoms with Crippen molar-refractivity contribution in [1.82, 2.24) is 9.88 Å². The molecule has 2 aromatic heterocycles. The first-order chi connectivity index (χ1) is 12.0. The third-order valence-corrected chi connectivity index (χ3v) is 5.37. The van der Waals surface area contributed by atoms with Gasteiger partial charge >= 0.3 is 0 Å². The van der Waals surface area contributed by atoms with Gasteiger partial charge in [0.15, 0.2) is 16.5 Å². The highest BCUT2D eigenvalue weighted by molar-refractivity contribution is 7.21. The normalized spacial score (nSPS) is 12.7. The first-order valence-corrected chi connectivity index (χ1v) is 9.24. The summed E-state index contributed by atoms with van der Waals surface area (Å²) in [5.41, 5.74) is 6.99. The average Bonchev–Trinajstić information content (AvgIpc) is 3.24. The predicted molar refractivity (Wildman–Crippen MR) is 102 cm³/mol. The zero-order chi connectivity index (χ0) is 18.0. The molecule has 1 atom stereocenters. The molecule has 0 fully saturated rings. The largest absolute Gasteiger partial charge is 0.448 e. The standard InChI is InChI=1S/C19H23N3O2S/c1-12(2)13(20)10-11-22(3)19(23)16-9-8-15(24-16)18-21-14-6-4-5-7-17(14)25-18/h4-9,12-13H,10-11,20H2,1-3H3. The number of thiazole rings is 1. The fourth-order valence-electron chi connectivity index (χ4n) is 2.51. The second-order valence-corrected chi connectivity index (χ2v) is 7.60. The van der Waals surface area contributed by atoms with Crippen LogP contribution in [0.15, 0.2) is 40.8 Å². The van der Waals surface area contributed by atoms with Crippen molar-refractivity contribution in [3.63, 3.8) is 0 Å². The van der Waals surface area contributed by atoms with Crippen LogP contribution in [0.5, 0.6) is 0 Å². The van der Waals surface area contributed by atoms with E-state index in [0.717, 1.165) is 21.6 Å². The van der Waals surface area contributed by atoms with Crippen molar-refractivity contribution < 1.29 is 9.21 Å². The molecule has 0 aliphatic rings. The van der Waals surface area contributed by atoms with Crippen LogP contribution in [-0.2, 0) is 0 Å². The first kappa shape index (κ1) is 17.6. The minimum atomic E-state index is -0.136. The maximum Gasteiger partial charge on any atom is 0.289 e. The lowest BCUT2D eigenvalue weighted by Crippen LogP contribution is -2.34. The van der Waals surface area contributed by atoms with Crippen molar-refractivity contribution >= 4 is 27.5 Å². The minimum Gasteiger partial charge on any atom is -0.448 e. The van der Waals surface area contributed by atoms with Crippen molar-refractivity contribution in [2.75, 3.05) is 13.6 Å².